The molecule has 4 nitrogen and oxygen atoms in total. The van der Waals surface area contributed by atoms with Gasteiger partial charge in [-0.05, 0) is 29.1 Å². The molecule has 1 N–H and O–H groups in total. The first kappa shape index (κ1) is 13.1. The van der Waals surface area contributed by atoms with E-state index in [2.05, 4.69) is 40.3 Å². The van der Waals surface area contributed by atoms with Crippen molar-refractivity contribution < 1.29 is 9.47 Å². The van der Waals surface area contributed by atoms with E-state index in [1.807, 2.05) is 0 Å². The minimum atomic E-state index is 0.592. The molecule has 0 atom stereocenters. The maximum Gasteiger partial charge on any atom is 0.122 e. The van der Waals surface area contributed by atoms with Crippen LogP contribution in [0.15, 0.2) is 30.5 Å². The van der Waals surface area contributed by atoms with Crippen LogP contribution in [0.5, 0.6) is 0 Å². The van der Waals surface area contributed by atoms with Crippen LogP contribution in [0.2, 0.25) is 0 Å². The van der Waals surface area contributed by atoms with Crippen molar-refractivity contribution in [3.05, 3.63) is 36.0 Å². The lowest BCUT2D eigenvalue weighted by atomic mass is 10.1. The second kappa shape index (κ2) is 6.54. The molecule has 98 valence electrons. The summed E-state index contributed by atoms with van der Waals surface area (Å²) >= 11 is 0. The smallest absolute Gasteiger partial charge is 0.122 e. The van der Waals surface area contributed by atoms with Gasteiger partial charge < -0.3 is 19.4 Å². The van der Waals surface area contributed by atoms with E-state index in [-0.39, 0.29) is 0 Å². The van der Waals surface area contributed by atoms with Gasteiger partial charge >= 0.3 is 0 Å². The molecule has 1 aromatic carbocycles. The second-order valence-electron chi connectivity index (χ2n) is 4.27. The van der Waals surface area contributed by atoms with Crippen LogP contribution in [0.1, 0.15) is 5.56 Å². The maximum absolute atomic E-state index is 5.15. The number of hydrogen-bond donors (Lipinski definition) is 1. The first-order valence-electron chi connectivity index (χ1n) is 6.11. The van der Waals surface area contributed by atoms with Crippen molar-refractivity contribution in [1.82, 2.24) is 9.88 Å². The highest BCUT2D eigenvalue weighted by Crippen LogP contribution is 2.17. The fourth-order valence-electron chi connectivity index (χ4n) is 2.02. The molecule has 0 saturated heterocycles. The molecule has 0 aliphatic rings. The lowest BCUT2D eigenvalue weighted by Gasteiger charge is -2.06. The van der Waals surface area contributed by atoms with Crippen LogP contribution < -0.4 is 5.32 Å². The van der Waals surface area contributed by atoms with Crippen molar-refractivity contribution >= 4 is 10.9 Å². The van der Waals surface area contributed by atoms with E-state index < -0.39 is 0 Å². The molecule has 4 heteroatoms. The molecule has 0 aliphatic carbocycles. The van der Waals surface area contributed by atoms with E-state index in [9.17, 15) is 0 Å². The number of nitrogens with one attached hydrogen (secondary N) is 1. The van der Waals surface area contributed by atoms with Crippen LogP contribution in [0, 0.1) is 0 Å². The van der Waals surface area contributed by atoms with Gasteiger partial charge in [-0.2, -0.15) is 0 Å². The molecule has 0 unspecified atom stereocenters. The number of nitrogens with zero attached hydrogens (tertiary/aromatic N) is 1. The van der Waals surface area contributed by atoms with Gasteiger partial charge in [0.1, 0.15) is 6.73 Å². The topological polar surface area (TPSA) is 35.4 Å². The van der Waals surface area contributed by atoms with Crippen molar-refractivity contribution in [2.24, 2.45) is 0 Å². The molecule has 0 aliphatic heterocycles. The molecule has 0 amide bonds. The Bertz CT molecular complexity index is 493. The summed E-state index contributed by atoms with van der Waals surface area (Å²) < 4.78 is 12.2. The standard InChI is InChI=1S/C14H20N2O2/c1-17-8-6-15-10-12-3-4-14-13(9-12)5-7-16(14)11-18-2/h3-5,7,9,15H,6,8,10-11H2,1-2H3. The average Bonchev–Trinajstić information content (AvgIpc) is 2.78. The first-order valence-corrected chi connectivity index (χ1v) is 6.11. The minimum absolute atomic E-state index is 0.592. The number of hydrogen-bond acceptors (Lipinski definition) is 3. The third-order valence-electron chi connectivity index (χ3n) is 2.92. The van der Waals surface area contributed by atoms with Crippen LogP contribution in [0.3, 0.4) is 0 Å². The SMILES string of the molecule is COCCNCc1ccc2c(ccn2COC)c1. The van der Waals surface area contributed by atoms with E-state index >= 15 is 0 Å². The normalized spacial score (nSPS) is 11.2. The summed E-state index contributed by atoms with van der Waals surface area (Å²) in [4.78, 5) is 0. The third kappa shape index (κ3) is 3.10. The molecular formula is C14H20N2O2. The summed E-state index contributed by atoms with van der Waals surface area (Å²) in [5, 5.41) is 4.59. The zero-order valence-corrected chi connectivity index (χ0v) is 11.0. The quantitative estimate of drug-likeness (QED) is 0.761. The predicted molar refractivity (Wildman–Crippen MR) is 72.5 cm³/mol. The molecule has 2 aromatic rings. The van der Waals surface area contributed by atoms with Crippen molar-refractivity contribution in [1.29, 1.82) is 0 Å². The van der Waals surface area contributed by atoms with E-state index in [1.54, 1.807) is 14.2 Å². The van der Waals surface area contributed by atoms with Gasteiger partial charge in [-0.3, -0.25) is 0 Å². The van der Waals surface area contributed by atoms with Crippen molar-refractivity contribution in [3.63, 3.8) is 0 Å². The largest absolute Gasteiger partial charge is 0.383 e. The fourth-order valence-corrected chi connectivity index (χ4v) is 2.02. The highest BCUT2D eigenvalue weighted by Gasteiger charge is 2.01. The summed E-state index contributed by atoms with van der Waals surface area (Å²) in [7, 11) is 3.42. The van der Waals surface area contributed by atoms with Crippen LogP contribution >= 0.6 is 0 Å². The van der Waals surface area contributed by atoms with Crippen LogP contribution in [0.25, 0.3) is 10.9 Å². The van der Waals surface area contributed by atoms with Crippen molar-refractivity contribution in [2.45, 2.75) is 13.3 Å². The maximum atomic E-state index is 5.15. The average molecular weight is 248 g/mol. The van der Waals surface area contributed by atoms with Gasteiger partial charge in [0.25, 0.3) is 0 Å². The fraction of sp³-hybridized carbons (Fsp3) is 0.429. The zero-order valence-electron chi connectivity index (χ0n) is 11.0. The molecule has 0 spiro atoms. The number of fused-ring (bicyclic) bond motifs is 1. The molecule has 0 radical (unpaired) electrons. The number of aromatic nitrogens is 1. The van der Waals surface area contributed by atoms with Gasteiger partial charge in [-0.15, -0.1) is 0 Å². The van der Waals surface area contributed by atoms with Gasteiger partial charge in [0.15, 0.2) is 0 Å². The number of ether oxygens (including phenoxy) is 2. The van der Waals surface area contributed by atoms with Crippen LogP contribution in [0.4, 0.5) is 0 Å². The van der Waals surface area contributed by atoms with Crippen molar-refractivity contribution in [3.8, 4) is 0 Å². The monoisotopic (exact) mass is 248 g/mol. The lowest BCUT2D eigenvalue weighted by molar-refractivity contribution is 0.135. The second-order valence-corrected chi connectivity index (χ2v) is 4.27. The summed E-state index contributed by atoms with van der Waals surface area (Å²) in [6, 6.07) is 8.62. The van der Waals surface area contributed by atoms with Gasteiger partial charge in [0.05, 0.1) is 6.61 Å². The Balaban J connectivity index is 2.04. The molecule has 1 heterocycles. The number of methoxy groups -OCH3 is 2. The van der Waals surface area contributed by atoms with Gasteiger partial charge in [-0.1, -0.05) is 6.07 Å². The third-order valence-corrected chi connectivity index (χ3v) is 2.92. The molecule has 1 aromatic heterocycles. The molecular weight excluding hydrogens is 228 g/mol. The van der Waals surface area contributed by atoms with Gasteiger partial charge in [0.2, 0.25) is 0 Å². The summed E-state index contributed by atoms with van der Waals surface area (Å²) in [6.45, 7) is 3.08. The number of rotatable bonds is 7. The Hall–Kier alpha value is -1.36. The van der Waals surface area contributed by atoms with E-state index in [0.717, 1.165) is 19.7 Å². The zero-order chi connectivity index (χ0) is 12.8. The molecule has 18 heavy (non-hydrogen) atoms. The summed E-state index contributed by atoms with van der Waals surface area (Å²) in [5.41, 5.74) is 2.49. The Morgan fingerprint density at radius 3 is 2.83 bits per heavy atom. The molecule has 0 saturated carbocycles. The summed E-state index contributed by atoms with van der Waals surface area (Å²) in [5.74, 6) is 0. The van der Waals surface area contributed by atoms with Gasteiger partial charge in [0, 0.05) is 39.0 Å². The lowest BCUT2D eigenvalue weighted by Crippen LogP contribution is -2.18. The molecule has 0 bridgehead atoms. The Kier molecular flexibility index (Phi) is 4.75. The Morgan fingerprint density at radius 1 is 1.17 bits per heavy atom. The molecule has 2 rings (SSSR count). The first-order chi connectivity index (χ1) is 8.85. The highest BCUT2D eigenvalue weighted by atomic mass is 16.5. The van der Waals surface area contributed by atoms with E-state index in [4.69, 9.17) is 9.47 Å². The highest BCUT2D eigenvalue weighted by molar-refractivity contribution is 5.80. The number of benzene rings is 1. The van der Waals surface area contributed by atoms with Crippen LogP contribution in [-0.2, 0) is 22.7 Å². The molecule has 0 fully saturated rings. The predicted octanol–water partition coefficient (Wildman–Crippen LogP) is 1.98. The van der Waals surface area contributed by atoms with Crippen molar-refractivity contribution in [2.75, 3.05) is 27.4 Å². The van der Waals surface area contributed by atoms with Crippen LogP contribution in [-0.4, -0.2) is 31.9 Å². The Morgan fingerprint density at radius 2 is 2.06 bits per heavy atom. The summed E-state index contributed by atoms with van der Waals surface area (Å²) in [6.07, 6.45) is 2.05. The van der Waals surface area contributed by atoms with Gasteiger partial charge in [-0.25, -0.2) is 0 Å². The Labute approximate surface area is 107 Å². The minimum Gasteiger partial charge on any atom is -0.383 e. The van der Waals surface area contributed by atoms with E-state index in [1.165, 1.54) is 16.5 Å². The van der Waals surface area contributed by atoms with E-state index in [0.29, 0.717) is 6.73 Å².